The summed E-state index contributed by atoms with van der Waals surface area (Å²) in [4.78, 5) is 11.6. The number of alkyl halides is 2. The SMILES string of the molecule is Cc1nn(-c2ccc(NCCNC(=O)c3ccccc3S(=O)(=O)C(F)F)nn2)c(C)c1C. The molecule has 170 valence electrons. The molecule has 0 saturated heterocycles. The van der Waals surface area contributed by atoms with Crippen molar-refractivity contribution in [1.82, 2.24) is 25.3 Å². The Morgan fingerprint density at radius 3 is 2.38 bits per heavy atom. The van der Waals surface area contributed by atoms with Crippen molar-refractivity contribution in [2.45, 2.75) is 31.4 Å². The predicted octanol–water partition coefficient (Wildman–Crippen LogP) is 2.43. The van der Waals surface area contributed by atoms with Crippen LogP contribution in [0.4, 0.5) is 14.6 Å². The van der Waals surface area contributed by atoms with Crippen molar-refractivity contribution in [2.24, 2.45) is 0 Å². The van der Waals surface area contributed by atoms with Crippen LogP contribution in [0.1, 0.15) is 27.3 Å². The lowest BCUT2D eigenvalue weighted by Crippen LogP contribution is -2.30. The Hall–Kier alpha value is -3.41. The van der Waals surface area contributed by atoms with Gasteiger partial charge in [-0.2, -0.15) is 13.9 Å². The Kier molecular flexibility index (Phi) is 6.82. The topological polar surface area (TPSA) is 119 Å². The number of benzene rings is 1. The minimum absolute atomic E-state index is 0.0992. The van der Waals surface area contributed by atoms with Gasteiger partial charge in [-0.25, -0.2) is 13.1 Å². The summed E-state index contributed by atoms with van der Waals surface area (Å²) in [6.07, 6.45) is 0. The fourth-order valence-corrected chi connectivity index (χ4v) is 3.86. The molecular formula is C20H22F2N6O3S. The Balaban J connectivity index is 1.58. The van der Waals surface area contributed by atoms with Gasteiger partial charge in [0.05, 0.1) is 16.2 Å². The summed E-state index contributed by atoms with van der Waals surface area (Å²) in [6, 6.07) is 8.31. The van der Waals surface area contributed by atoms with Gasteiger partial charge in [-0.1, -0.05) is 12.1 Å². The number of aryl methyl sites for hydroxylation is 1. The van der Waals surface area contributed by atoms with E-state index >= 15 is 0 Å². The van der Waals surface area contributed by atoms with Gasteiger partial charge < -0.3 is 10.6 Å². The van der Waals surface area contributed by atoms with Gasteiger partial charge in [0.1, 0.15) is 5.82 Å². The van der Waals surface area contributed by atoms with Crippen LogP contribution in [0.2, 0.25) is 0 Å². The molecule has 2 aromatic heterocycles. The largest absolute Gasteiger partial charge is 0.367 e. The van der Waals surface area contributed by atoms with Crippen molar-refractivity contribution < 1.29 is 22.0 Å². The van der Waals surface area contributed by atoms with Crippen LogP contribution in [0.15, 0.2) is 41.3 Å². The molecule has 0 bridgehead atoms. The molecule has 3 aromatic rings. The maximum atomic E-state index is 12.9. The van der Waals surface area contributed by atoms with Crippen molar-refractivity contribution >= 4 is 21.6 Å². The molecule has 0 aliphatic heterocycles. The minimum Gasteiger partial charge on any atom is -0.367 e. The molecule has 2 N–H and O–H groups in total. The second-order valence-electron chi connectivity index (χ2n) is 6.97. The Labute approximate surface area is 183 Å². The van der Waals surface area contributed by atoms with Gasteiger partial charge in [-0.05, 0) is 50.6 Å². The Bertz CT molecular complexity index is 1230. The van der Waals surface area contributed by atoms with Crippen LogP contribution in [-0.4, -0.2) is 53.1 Å². The van der Waals surface area contributed by atoms with Gasteiger partial charge in [0.2, 0.25) is 9.84 Å². The van der Waals surface area contributed by atoms with E-state index in [1.54, 1.807) is 16.8 Å². The van der Waals surface area contributed by atoms with Crippen LogP contribution in [0.5, 0.6) is 0 Å². The first kappa shape index (κ1) is 23.3. The lowest BCUT2D eigenvalue weighted by Gasteiger charge is -2.11. The van der Waals surface area contributed by atoms with Gasteiger partial charge >= 0.3 is 5.76 Å². The number of halogens is 2. The first-order valence-corrected chi connectivity index (χ1v) is 11.2. The second-order valence-corrected chi connectivity index (χ2v) is 8.86. The van der Waals surface area contributed by atoms with Crippen LogP contribution in [0.3, 0.4) is 0 Å². The van der Waals surface area contributed by atoms with E-state index in [2.05, 4.69) is 25.9 Å². The molecule has 32 heavy (non-hydrogen) atoms. The van der Waals surface area contributed by atoms with Crippen molar-refractivity contribution in [2.75, 3.05) is 18.4 Å². The number of carbonyl (C=O) groups is 1. The third kappa shape index (κ3) is 4.74. The summed E-state index contributed by atoms with van der Waals surface area (Å²) < 4.78 is 51.0. The zero-order valence-corrected chi connectivity index (χ0v) is 18.4. The monoisotopic (exact) mass is 464 g/mol. The summed E-state index contributed by atoms with van der Waals surface area (Å²) in [5, 5.41) is 18.1. The number of hydrogen-bond acceptors (Lipinski definition) is 7. The predicted molar refractivity (Wildman–Crippen MR) is 114 cm³/mol. The molecule has 0 radical (unpaired) electrons. The highest BCUT2D eigenvalue weighted by atomic mass is 32.2. The summed E-state index contributed by atoms with van der Waals surface area (Å²) in [7, 11) is -4.89. The molecule has 3 rings (SSSR count). The van der Waals surface area contributed by atoms with E-state index in [1.807, 2.05) is 20.8 Å². The number of nitrogens with one attached hydrogen (secondary N) is 2. The highest BCUT2D eigenvalue weighted by Crippen LogP contribution is 2.22. The zero-order valence-electron chi connectivity index (χ0n) is 17.6. The molecular weight excluding hydrogens is 442 g/mol. The van der Waals surface area contributed by atoms with Crippen LogP contribution >= 0.6 is 0 Å². The third-order valence-corrected chi connectivity index (χ3v) is 6.35. The molecule has 2 heterocycles. The molecule has 0 aliphatic rings. The van der Waals surface area contributed by atoms with Gasteiger partial charge in [0.25, 0.3) is 5.91 Å². The highest BCUT2D eigenvalue weighted by Gasteiger charge is 2.30. The molecule has 0 fully saturated rings. The number of sulfone groups is 1. The number of hydrogen-bond donors (Lipinski definition) is 2. The van der Waals surface area contributed by atoms with Crippen LogP contribution in [0.25, 0.3) is 5.82 Å². The zero-order chi connectivity index (χ0) is 23.5. The first-order valence-electron chi connectivity index (χ1n) is 9.63. The third-order valence-electron chi connectivity index (χ3n) is 4.91. The van der Waals surface area contributed by atoms with E-state index in [1.165, 1.54) is 18.2 Å². The standard InChI is InChI=1S/C20H22F2N6O3S/c1-12-13(2)27-28(14(12)3)18-9-8-17(25-26-18)23-10-11-24-19(29)15-6-4-5-7-16(15)32(30,31)20(21)22/h4-9,20H,10-11H2,1-3H3,(H,23,25)(H,24,29). The maximum absolute atomic E-state index is 12.9. The van der Waals surface area contributed by atoms with E-state index < -0.39 is 26.4 Å². The lowest BCUT2D eigenvalue weighted by atomic mass is 10.2. The van der Waals surface area contributed by atoms with E-state index in [-0.39, 0.29) is 18.7 Å². The number of anilines is 1. The van der Waals surface area contributed by atoms with Crippen molar-refractivity contribution in [1.29, 1.82) is 0 Å². The van der Waals surface area contributed by atoms with E-state index in [4.69, 9.17) is 0 Å². The summed E-state index contributed by atoms with van der Waals surface area (Å²) in [6.45, 7) is 6.19. The summed E-state index contributed by atoms with van der Waals surface area (Å²) in [5.41, 5.74) is 2.62. The number of nitrogens with zero attached hydrogens (tertiary/aromatic N) is 4. The number of amides is 1. The van der Waals surface area contributed by atoms with Gasteiger partial charge in [0, 0.05) is 18.8 Å². The summed E-state index contributed by atoms with van der Waals surface area (Å²) >= 11 is 0. The lowest BCUT2D eigenvalue weighted by molar-refractivity contribution is 0.0951. The maximum Gasteiger partial charge on any atom is 0.341 e. The number of carbonyl (C=O) groups excluding carboxylic acids is 1. The highest BCUT2D eigenvalue weighted by molar-refractivity contribution is 7.91. The fraction of sp³-hybridized carbons (Fsp3) is 0.300. The van der Waals surface area contributed by atoms with Crippen LogP contribution < -0.4 is 10.6 Å². The first-order chi connectivity index (χ1) is 15.1. The second kappa shape index (κ2) is 9.39. The molecule has 0 saturated carbocycles. The molecule has 9 nitrogen and oxygen atoms in total. The van der Waals surface area contributed by atoms with E-state index in [9.17, 15) is 22.0 Å². The molecule has 0 aliphatic carbocycles. The minimum atomic E-state index is -4.89. The number of rotatable bonds is 8. The Morgan fingerprint density at radius 2 is 1.78 bits per heavy atom. The number of aromatic nitrogens is 4. The smallest absolute Gasteiger partial charge is 0.341 e. The molecule has 12 heteroatoms. The molecule has 1 amide bonds. The van der Waals surface area contributed by atoms with Crippen LogP contribution in [0, 0.1) is 20.8 Å². The van der Waals surface area contributed by atoms with E-state index in [0.717, 1.165) is 23.0 Å². The quantitative estimate of drug-likeness (QED) is 0.492. The molecule has 1 aromatic carbocycles. The molecule has 0 spiro atoms. The average molecular weight is 464 g/mol. The van der Waals surface area contributed by atoms with E-state index in [0.29, 0.717) is 11.6 Å². The van der Waals surface area contributed by atoms with Crippen molar-refractivity contribution in [3.63, 3.8) is 0 Å². The van der Waals surface area contributed by atoms with Gasteiger partial charge in [-0.3, -0.25) is 4.79 Å². The van der Waals surface area contributed by atoms with Crippen molar-refractivity contribution in [3.8, 4) is 5.82 Å². The van der Waals surface area contributed by atoms with Crippen LogP contribution in [-0.2, 0) is 9.84 Å². The normalized spacial score (nSPS) is 11.6. The molecule has 0 atom stereocenters. The van der Waals surface area contributed by atoms with Gasteiger partial charge in [-0.15, -0.1) is 10.2 Å². The average Bonchev–Trinajstić information content (AvgIpc) is 3.04. The van der Waals surface area contributed by atoms with Gasteiger partial charge in [0.15, 0.2) is 5.82 Å². The fourth-order valence-electron chi connectivity index (χ4n) is 2.94. The van der Waals surface area contributed by atoms with Crippen molar-refractivity contribution in [3.05, 3.63) is 58.9 Å². The summed E-state index contributed by atoms with van der Waals surface area (Å²) in [5.74, 6) is -3.36. The molecule has 0 unspecified atom stereocenters. The Morgan fingerprint density at radius 1 is 1.06 bits per heavy atom.